The first kappa shape index (κ1) is 18.7. The van der Waals surface area contributed by atoms with Crippen LogP contribution in [0.3, 0.4) is 0 Å². The molecule has 6 nitrogen and oxygen atoms in total. The SMILES string of the molecule is CCn1nc(C)c2c1cnn2CCC(=O)N1CCC(Cc2ccccc2)CC1. The van der Waals surface area contributed by atoms with Gasteiger partial charge in [0.25, 0.3) is 0 Å². The molecule has 1 fully saturated rings. The Bertz CT molecular complexity index is 935. The number of rotatable bonds is 6. The lowest BCUT2D eigenvalue weighted by molar-refractivity contribution is -0.132. The quantitative estimate of drug-likeness (QED) is 0.659. The van der Waals surface area contributed by atoms with E-state index in [1.807, 2.05) is 27.4 Å². The molecular weight excluding hydrogens is 350 g/mol. The van der Waals surface area contributed by atoms with E-state index in [1.165, 1.54) is 5.56 Å². The third-order valence-electron chi connectivity index (χ3n) is 5.88. The normalized spacial score (nSPS) is 15.4. The summed E-state index contributed by atoms with van der Waals surface area (Å²) in [5.74, 6) is 0.919. The molecule has 1 aliphatic rings. The highest BCUT2D eigenvalue weighted by Crippen LogP contribution is 2.23. The first-order chi connectivity index (χ1) is 13.7. The average molecular weight is 380 g/mol. The fourth-order valence-electron chi connectivity index (χ4n) is 4.32. The fraction of sp³-hybridized carbons (Fsp3) is 0.500. The molecule has 2 aromatic heterocycles. The maximum Gasteiger partial charge on any atom is 0.224 e. The first-order valence-corrected chi connectivity index (χ1v) is 10.4. The van der Waals surface area contributed by atoms with Crippen LogP contribution in [0.1, 0.15) is 37.4 Å². The zero-order valence-electron chi connectivity index (χ0n) is 16.8. The molecule has 0 unspecified atom stereocenters. The summed E-state index contributed by atoms with van der Waals surface area (Å²) in [6.45, 7) is 7.27. The highest BCUT2D eigenvalue weighted by atomic mass is 16.2. The number of carbonyl (C=O) groups excluding carboxylic acids is 1. The van der Waals surface area contributed by atoms with Crippen molar-refractivity contribution in [3.63, 3.8) is 0 Å². The van der Waals surface area contributed by atoms with Gasteiger partial charge in [-0.25, -0.2) is 0 Å². The van der Waals surface area contributed by atoms with Crippen molar-refractivity contribution in [2.75, 3.05) is 13.1 Å². The number of amides is 1. The van der Waals surface area contributed by atoms with E-state index in [9.17, 15) is 4.79 Å². The van der Waals surface area contributed by atoms with Gasteiger partial charge in [0, 0.05) is 26.1 Å². The van der Waals surface area contributed by atoms with Crippen LogP contribution in [0.5, 0.6) is 0 Å². The first-order valence-electron chi connectivity index (χ1n) is 10.4. The minimum absolute atomic E-state index is 0.238. The summed E-state index contributed by atoms with van der Waals surface area (Å²) in [4.78, 5) is 14.7. The minimum Gasteiger partial charge on any atom is -0.343 e. The number of carbonyl (C=O) groups is 1. The van der Waals surface area contributed by atoms with Crippen molar-refractivity contribution >= 4 is 16.9 Å². The van der Waals surface area contributed by atoms with Crippen LogP contribution in [-0.2, 0) is 24.3 Å². The molecule has 28 heavy (non-hydrogen) atoms. The molecule has 1 aromatic carbocycles. The van der Waals surface area contributed by atoms with Gasteiger partial charge in [0.15, 0.2) is 0 Å². The van der Waals surface area contributed by atoms with Gasteiger partial charge < -0.3 is 4.90 Å². The molecule has 0 N–H and O–H groups in total. The Balaban J connectivity index is 1.30. The predicted octanol–water partition coefficient (Wildman–Crippen LogP) is 3.43. The number of piperidine rings is 1. The second-order valence-electron chi connectivity index (χ2n) is 7.77. The zero-order valence-corrected chi connectivity index (χ0v) is 16.8. The van der Waals surface area contributed by atoms with E-state index >= 15 is 0 Å². The lowest BCUT2D eigenvalue weighted by Crippen LogP contribution is -2.39. The molecule has 0 aliphatic carbocycles. The molecule has 1 aliphatic heterocycles. The number of hydrogen-bond donors (Lipinski definition) is 0. The van der Waals surface area contributed by atoms with Crippen molar-refractivity contribution in [1.82, 2.24) is 24.5 Å². The monoisotopic (exact) mass is 379 g/mol. The van der Waals surface area contributed by atoms with Crippen LogP contribution in [0.25, 0.3) is 11.0 Å². The smallest absolute Gasteiger partial charge is 0.224 e. The number of likely N-dealkylation sites (tertiary alicyclic amines) is 1. The summed E-state index contributed by atoms with van der Waals surface area (Å²) in [5.41, 5.74) is 4.48. The van der Waals surface area contributed by atoms with Crippen LogP contribution in [-0.4, -0.2) is 43.5 Å². The molecule has 1 saturated heterocycles. The minimum atomic E-state index is 0.238. The van der Waals surface area contributed by atoms with E-state index in [0.717, 1.165) is 55.6 Å². The largest absolute Gasteiger partial charge is 0.343 e. The van der Waals surface area contributed by atoms with Crippen molar-refractivity contribution in [1.29, 1.82) is 0 Å². The van der Waals surface area contributed by atoms with Gasteiger partial charge in [-0.2, -0.15) is 10.2 Å². The number of benzene rings is 1. The molecular formula is C22H29N5O. The zero-order chi connectivity index (χ0) is 19.5. The maximum atomic E-state index is 12.7. The second kappa shape index (κ2) is 8.17. The average Bonchev–Trinajstić information content (AvgIpc) is 3.28. The Morgan fingerprint density at radius 3 is 2.61 bits per heavy atom. The van der Waals surface area contributed by atoms with Gasteiger partial charge in [-0.05, 0) is 44.6 Å². The number of aryl methyl sites for hydroxylation is 3. The van der Waals surface area contributed by atoms with E-state index in [-0.39, 0.29) is 5.91 Å². The summed E-state index contributed by atoms with van der Waals surface area (Å²) < 4.78 is 3.90. The van der Waals surface area contributed by atoms with Crippen LogP contribution in [0.2, 0.25) is 0 Å². The Labute approximate surface area is 166 Å². The van der Waals surface area contributed by atoms with Crippen LogP contribution in [0.15, 0.2) is 36.5 Å². The Morgan fingerprint density at radius 2 is 1.89 bits per heavy atom. The van der Waals surface area contributed by atoms with Crippen LogP contribution >= 0.6 is 0 Å². The Kier molecular flexibility index (Phi) is 5.46. The number of nitrogens with zero attached hydrogens (tertiary/aromatic N) is 5. The lowest BCUT2D eigenvalue weighted by Gasteiger charge is -2.32. The van der Waals surface area contributed by atoms with Crippen molar-refractivity contribution in [2.24, 2.45) is 5.92 Å². The summed E-state index contributed by atoms with van der Waals surface area (Å²) >= 11 is 0. The van der Waals surface area contributed by atoms with Gasteiger partial charge in [0.2, 0.25) is 5.91 Å². The Morgan fingerprint density at radius 1 is 1.14 bits per heavy atom. The fourth-order valence-corrected chi connectivity index (χ4v) is 4.32. The molecule has 0 spiro atoms. The second-order valence-corrected chi connectivity index (χ2v) is 7.77. The molecule has 0 bridgehead atoms. The molecule has 1 amide bonds. The Hall–Kier alpha value is -2.63. The van der Waals surface area contributed by atoms with Crippen molar-refractivity contribution in [2.45, 2.75) is 52.6 Å². The maximum absolute atomic E-state index is 12.7. The molecule has 148 valence electrons. The molecule has 0 radical (unpaired) electrons. The van der Waals surface area contributed by atoms with E-state index in [1.54, 1.807) is 0 Å². The van der Waals surface area contributed by atoms with Crippen LogP contribution in [0, 0.1) is 12.8 Å². The van der Waals surface area contributed by atoms with E-state index < -0.39 is 0 Å². The summed E-state index contributed by atoms with van der Waals surface area (Å²) in [6.07, 6.45) is 5.66. The summed E-state index contributed by atoms with van der Waals surface area (Å²) in [6, 6.07) is 10.7. The highest BCUT2D eigenvalue weighted by molar-refractivity contribution is 5.79. The van der Waals surface area contributed by atoms with Gasteiger partial charge in [-0.1, -0.05) is 30.3 Å². The van der Waals surface area contributed by atoms with Crippen LogP contribution in [0.4, 0.5) is 0 Å². The summed E-state index contributed by atoms with van der Waals surface area (Å²) in [5, 5.41) is 9.03. The molecule has 4 rings (SSSR count). The van der Waals surface area contributed by atoms with E-state index in [0.29, 0.717) is 18.9 Å². The molecule has 3 aromatic rings. The van der Waals surface area contributed by atoms with Crippen LogP contribution < -0.4 is 0 Å². The predicted molar refractivity (Wildman–Crippen MR) is 110 cm³/mol. The van der Waals surface area contributed by atoms with E-state index in [2.05, 4.69) is 47.5 Å². The lowest BCUT2D eigenvalue weighted by atomic mass is 9.90. The van der Waals surface area contributed by atoms with Gasteiger partial charge in [0.1, 0.15) is 11.0 Å². The van der Waals surface area contributed by atoms with Gasteiger partial charge in [0.05, 0.1) is 18.4 Å². The standard InChI is InChI=1S/C22H29N5O/c1-3-26-20-16-23-27(22(20)17(2)24-26)14-11-21(28)25-12-9-19(10-13-25)15-18-7-5-4-6-8-18/h4-8,16,19H,3,9-15H2,1-2H3. The van der Waals surface area contributed by atoms with Gasteiger partial charge in [-0.15, -0.1) is 0 Å². The molecule has 0 atom stereocenters. The molecule has 0 saturated carbocycles. The third kappa shape index (κ3) is 3.81. The van der Waals surface area contributed by atoms with Crippen molar-refractivity contribution in [3.8, 4) is 0 Å². The van der Waals surface area contributed by atoms with Crippen molar-refractivity contribution < 1.29 is 4.79 Å². The van der Waals surface area contributed by atoms with Gasteiger partial charge >= 0.3 is 0 Å². The van der Waals surface area contributed by atoms with Crippen molar-refractivity contribution in [3.05, 3.63) is 47.8 Å². The van der Waals surface area contributed by atoms with Gasteiger partial charge in [-0.3, -0.25) is 14.2 Å². The van der Waals surface area contributed by atoms with E-state index in [4.69, 9.17) is 0 Å². The molecule has 3 heterocycles. The number of hydrogen-bond acceptors (Lipinski definition) is 3. The number of fused-ring (bicyclic) bond motifs is 1. The molecule has 6 heteroatoms. The third-order valence-corrected chi connectivity index (χ3v) is 5.88. The number of aromatic nitrogens is 4. The topological polar surface area (TPSA) is 56.0 Å². The highest BCUT2D eigenvalue weighted by Gasteiger charge is 2.23. The summed E-state index contributed by atoms with van der Waals surface area (Å²) in [7, 11) is 0.